The van der Waals surface area contributed by atoms with Gasteiger partial charge in [-0.05, 0) is 29.5 Å². The molecule has 5 heteroatoms. The van der Waals surface area contributed by atoms with E-state index >= 15 is 0 Å². The number of nitrogens with two attached hydrogens (primary N) is 1. The van der Waals surface area contributed by atoms with Gasteiger partial charge in [0.25, 0.3) is 0 Å². The number of benzene rings is 1. The van der Waals surface area contributed by atoms with Crippen LogP contribution in [0.15, 0.2) is 23.9 Å². The maximum Gasteiger partial charge on any atom is 0.147 e. The summed E-state index contributed by atoms with van der Waals surface area (Å²) in [7, 11) is 0. The number of fused-ring (bicyclic) bond motifs is 1. The van der Waals surface area contributed by atoms with Crippen LogP contribution in [-0.4, -0.2) is 24.6 Å². The van der Waals surface area contributed by atoms with Crippen molar-refractivity contribution < 1.29 is 9.13 Å². The van der Waals surface area contributed by atoms with Gasteiger partial charge in [0.15, 0.2) is 0 Å². The van der Waals surface area contributed by atoms with E-state index in [-0.39, 0.29) is 23.6 Å². The summed E-state index contributed by atoms with van der Waals surface area (Å²) >= 11 is 0. The average Bonchev–Trinajstić information content (AvgIpc) is 2.46. The first-order valence-electron chi connectivity index (χ1n) is 8.45. The van der Waals surface area contributed by atoms with Crippen LogP contribution >= 0.6 is 12.4 Å². The van der Waals surface area contributed by atoms with Gasteiger partial charge in [-0.1, -0.05) is 40.2 Å². The molecule has 3 nitrogen and oxygen atoms in total. The zero-order chi connectivity index (χ0) is 17.0. The first-order chi connectivity index (χ1) is 10.9. The number of unbranched alkanes of at least 4 members (excludes halogenated alkanes) is 1. The second kappa shape index (κ2) is 8.72. The van der Waals surface area contributed by atoms with Crippen molar-refractivity contribution in [2.24, 2.45) is 11.1 Å². The van der Waals surface area contributed by atoms with E-state index < -0.39 is 0 Å². The maximum absolute atomic E-state index is 13.7. The minimum Gasteiger partial charge on any atom is -0.491 e. The Morgan fingerprint density at radius 3 is 2.58 bits per heavy atom. The topological polar surface area (TPSA) is 38.5 Å². The Morgan fingerprint density at radius 2 is 2.00 bits per heavy atom. The summed E-state index contributed by atoms with van der Waals surface area (Å²) in [6.45, 7) is 11.4. The molecule has 0 spiro atoms. The number of rotatable bonds is 6. The number of halogens is 2. The zero-order valence-electron chi connectivity index (χ0n) is 15.2. The molecule has 1 aliphatic heterocycles. The van der Waals surface area contributed by atoms with E-state index in [1.807, 2.05) is 6.07 Å². The monoisotopic (exact) mass is 356 g/mol. The van der Waals surface area contributed by atoms with Crippen molar-refractivity contribution in [2.75, 3.05) is 19.7 Å². The molecule has 136 valence electrons. The number of hydrogen-bond acceptors (Lipinski definition) is 3. The predicted molar refractivity (Wildman–Crippen MR) is 100 cm³/mol. The third-order valence-electron chi connectivity index (χ3n) is 3.92. The SMILES string of the molecule is CCCCOC1=C(CN)N(CC(C)(C)C)Cc2ccc(F)cc21.Cl. The van der Waals surface area contributed by atoms with Crippen molar-refractivity contribution in [1.29, 1.82) is 0 Å². The molecule has 24 heavy (non-hydrogen) atoms. The van der Waals surface area contributed by atoms with Crippen molar-refractivity contribution in [1.82, 2.24) is 4.90 Å². The lowest BCUT2D eigenvalue weighted by atomic mass is 9.92. The van der Waals surface area contributed by atoms with Crippen LogP contribution in [-0.2, 0) is 11.3 Å². The molecule has 0 aliphatic carbocycles. The highest BCUT2D eigenvalue weighted by molar-refractivity contribution is 5.85. The molecule has 0 saturated heterocycles. The van der Waals surface area contributed by atoms with Crippen LogP contribution in [0.3, 0.4) is 0 Å². The Hall–Kier alpha value is -1.26. The quantitative estimate of drug-likeness (QED) is 0.760. The lowest BCUT2D eigenvalue weighted by Gasteiger charge is -2.38. The molecule has 0 fully saturated rings. The van der Waals surface area contributed by atoms with Gasteiger partial charge in [0.2, 0.25) is 0 Å². The molecular formula is C19H30ClFN2O. The molecule has 1 aromatic carbocycles. The molecule has 0 saturated carbocycles. The van der Waals surface area contributed by atoms with Crippen molar-refractivity contribution in [3.63, 3.8) is 0 Å². The summed E-state index contributed by atoms with van der Waals surface area (Å²) in [4.78, 5) is 2.28. The van der Waals surface area contributed by atoms with Gasteiger partial charge in [0, 0.05) is 25.2 Å². The molecule has 2 rings (SSSR count). The van der Waals surface area contributed by atoms with E-state index in [2.05, 4.69) is 32.6 Å². The third-order valence-corrected chi connectivity index (χ3v) is 3.92. The van der Waals surface area contributed by atoms with Crippen LogP contribution in [0.25, 0.3) is 5.76 Å². The molecule has 0 unspecified atom stereocenters. The molecular weight excluding hydrogens is 327 g/mol. The Morgan fingerprint density at radius 1 is 1.29 bits per heavy atom. The summed E-state index contributed by atoms with van der Waals surface area (Å²) in [6, 6.07) is 4.95. The summed E-state index contributed by atoms with van der Waals surface area (Å²) < 4.78 is 19.8. The van der Waals surface area contributed by atoms with Crippen LogP contribution in [0.5, 0.6) is 0 Å². The predicted octanol–water partition coefficient (Wildman–Crippen LogP) is 4.55. The normalized spacial score (nSPS) is 14.3. The summed E-state index contributed by atoms with van der Waals surface area (Å²) in [5.74, 6) is 0.520. The van der Waals surface area contributed by atoms with Gasteiger partial charge in [0.1, 0.15) is 11.6 Å². The number of hydrogen-bond donors (Lipinski definition) is 1. The molecule has 0 radical (unpaired) electrons. The van der Waals surface area contributed by atoms with Gasteiger partial charge in [-0.3, -0.25) is 0 Å². The van der Waals surface area contributed by atoms with E-state index in [0.717, 1.165) is 48.5 Å². The molecule has 0 atom stereocenters. The molecule has 1 aromatic rings. The van der Waals surface area contributed by atoms with Crippen molar-refractivity contribution in [2.45, 2.75) is 47.1 Å². The fourth-order valence-corrected chi connectivity index (χ4v) is 2.92. The molecule has 0 bridgehead atoms. The minimum atomic E-state index is -0.235. The highest BCUT2D eigenvalue weighted by atomic mass is 35.5. The highest BCUT2D eigenvalue weighted by Gasteiger charge is 2.28. The van der Waals surface area contributed by atoms with Gasteiger partial charge < -0.3 is 15.4 Å². The Kier molecular flexibility index (Phi) is 7.56. The van der Waals surface area contributed by atoms with E-state index in [1.165, 1.54) is 6.07 Å². The van der Waals surface area contributed by atoms with E-state index in [1.54, 1.807) is 6.07 Å². The van der Waals surface area contributed by atoms with Crippen molar-refractivity contribution in [3.8, 4) is 0 Å². The largest absolute Gasteiger partial charge is 0.491 e. The molecule has 0 aromatic heterocycles. The van der Waals surface area contributed by atoms with Crippen LogP contribution in [0.4, 0.5) is 4.39 Å². The third kappa shape index (κ3) is 5.12. The van der Waals surface area contributed by atoms with Crippen LogP contribution in [0, 0.1) is 11.2 Å². The maximum atomic E-state index is 13.7. The first-order valence-corrected chi connectivity index (χ1v) is 8.45. The van der Waals surface area contributed by atoms with Crippen molar-refractivity contribution in [3.05, 3.63) is 40.8 Å². The molecule has 1 heterocycles. The fourth-order valence-electron chi connectivity index (χ4n) is 2.92. The molecule has 1 aliphatic rings. The second-order valence-electron chi connectivity index (χ2n) is 7.40. The van der Waals surface area contributed by atoms with Crippen LogP contribution in [0.1, 0.15) is 51.7 Å². The van der Waals surface area contributed by atoms with E-state index in [9.17, 15) is 4.39 Å². The van der Waals surface area contributed by atoms with Crippen molar-refractivity contribution >= 4 is 18.2 Å². The average molecular weight is 357 g/mol. The lowest BCUT2D eigenvalue weighted by Crippen LogP contribution is -2.37. The first kappa shape index (κ1) is 20.8. The smallest absolute Gasteiger partial charge is 0.147 e. The van der Waals surface area contributed by atoms with Gasteiger partial charge >= 0.3 is 0 Å². The highest BCUT2D eigenvalue weighted by Crippen LogP contribution is 2.34. The Balaban J connectivity index is 0.00000288. The lowest BCUT2D eigenvalue weighted by molar-refractivity contribution is 0.201. The van der Waals surface area contributed by atoms with Crippen LogP contribution in [0.2, 0.25) is 0 Å². The van der Waals surface area contributed by atoms with E-state index in [0.29, 0.717) is 13.2 Å². The van der Waals surface area contributed by atoms with E-state index in [4.69, 9.17) is 10.5 Å². The van der Waals surface area contributed by atoms with Gasteiger partial charge in [-0.15, -0.1) is 12.4 Å². The number of nitrogens with zero attached hydrogens (tertiary/aromatic N) is 1. The standard InChI is InChI=1S/C19H29FN2O.ClH/c1-5-6-9-23-18-16-10-15(20)8-7-14(16)12-22(17(18)11-21)13-19(2,3)4;/h7-8,10H,5-6,9,11-13,21H2,1-4H3;1H. The molecule has 2 N–H and O–H groups in total. The van der Waals surface area contributed by atoms with Crippen LogP contribution < -0.4 is 5.73 Å². The Labute approximate surface area is 151 Å². The fraction of sp³-hybridized carbons (Fsp3) is 0.579. The molecule has 0 amide bonds. The summed E-state index contributed by atoms with van der Waals surface area (Å²) in [5.41, 5.74) is 9.11. The summed E-state index contributed by atoms with van der Waals surface area (Å²) in [6.07, 6.45) is 2.04. The van der Waals surface area contributed by atoms with Gasteiger partial charge in [-0.2, -0.15) is 0 Å². The Bertz CT molecular complexity index is 581. The van der Waals surface area contributed by atoms with Gasteiger partial charge in [-0.25, -0.2) is 4.39 Å². The zero-order valence-corrected chi connectivity index (χ0v) is 16.0. The second-order valence-corrected chi connectivity index (χ2v) is 7.40. The number of ether oxygens (including phenoxy) is 1. The van der Waals surface area contributed by atoms with Gasteiger partial charge in [0.05, 0.1) is 12.3 Å². The minimum absolute atomic E-state index is 0. The summed E-state index contributed by atoms with van der Waals surface area (Å²) in [5, 5.41) is 0.